The van der Waals surface area contributed by atoms with Crippen LogP contribution in [0.2, 0.25) is 0 Å². The number of carboxylic acids is 1. The number of aromatic carboxylic acids is 1. The van der Waals surface area contributed by atoms with E-state index in [2.05, 4.69) is 51.9 Å². The zero-order valence-electron chi connectivity index (χ0n) is 23.1. The first-order chi connectivity index (χ1) is 20.1. The van der Waals surface area contributed by atoms with Crippen molar-refractivity contribution in [2.24, 2.45) is 0 Å². The van der Waals surface area contributed by atoms with Gasteiger partial charge in [-0.2, -0.15) is 0 Å². The normalized spacial score (nSPS) is 24.9. The van der Waals surface area contributed by atoms with E-state index < -0.39 is 5.97 Å². The third-order valence-corrected chi connectivity index (χ3v) is 10.6. The van der Waals surface area contributed by atoms with E-state index in [9.17, 15) is 9.90 Å². The van der Waals surface area contributed by atoms with Crippen LogP contribution in [0.4, 0.5) is 5.69 Å². The molecule has 0 spiro atoms. The Morgan fingerprint density at radius 2 is 1.49 bits per heavy atom. The maximum absolute atomic E-state index is 12.4. The summed E-state index contributed by atoms with van der Waals surface area (Å²) in [6.45, 7) is 0. The van der Waals surface area contributed by atoms with Gasteiger partial charge in [-0.1, -0.05) is 30.3 Å². The molecule has 0 aromatic heterocycles. The summed E-state index contributed by atoms with van der Waals surface area (Å²) in [5, 5.41) is 14.2. The average Bonchev–Trinajstić information content (AvgIpc) is 3.80. The maximum atomic E-state index is 12.4. The summed E-state index contributed by atoms with van der Waals surface area (Å²) in [5.41, 5.74) is 5.45. The van der Waals surface area contributed by atoms with Crippen LogP contribution in [-0.4, -0.2) is 35.2 Å². The Hall–Kier alpha value is -4.12. The Labute approximate surface area is 238 Å². The Morgan fingerprint density at radius 3 is 2.20 bits per heavy atom. The van der Waals surface area contributed by atoms with Gasteiger partial charge in [-0.3, -0.25) is 0 Å². The van der Waals surface area contributed by atoms with Crippen LogP contribution in [0.3, 0.4) is 0 Å². The minimum Gasteiger partial charge on any atom is -0.478 e. The molecule has 5 heteroatoms. The summed E-state index contributed by atoms with van der Waals surface area (Å²) in [7, 11) is 0. The molecule has 6 aliphatic rings. The van der Waals surface area contributed by atoms with Crippen LogP contribution < -0.4 is 14.8 Å². The third kappa shape index (κ3) is 3.41. The fourth-order valence-electron chi connectivity index (χ4n) is 8.88. The van der Waals surface area contributed by atoms with Gasteiger partial charge in [0.2, 0.25) is 5.36 Å². The van der Waals surface area contributed by atoms with E-state index in [1.54, 1.807) is 6.07 Å². The highest BCUT2D eigenvalue weighted by Crippen LogP contribution is 2.46. The number of nitrogens with zero attached hydrogens (tertiary/aromatic N) is 2. The van der Waals surface area contributed by atoms with Gasteiger partial charge in [0.05, 0.1) is 11.6 Å². The van der Waals surface area contributed by atoms with Crippen molar-refractivity contribution >= 4 is 33.4 Å². The first-order valence-corrected chi connectivity index (χ1v) is 15.3. The van der Waals surface area contributed by atoms with Crippen molar-refractivity contribution in [3.05, 3.63) is 83.7 Å². The van der Waals surface area contributed by atoms with Gasteiger partial charge >= 0.3 is 5.97 Å². The standard InChI is InChI=1S/C36H32N2O3/c39-36(40)31-6-2-4-21-3-1-5-30(34(21)31)35-28-17-15-26(37-22-7-8-23(37)10-9-22)19-32(28)41-33-20-27(16-18-29(33)35)38-24-11-12-25(38)14-13-24/h1-6,15-20,22-25H,7-14H2/p+1. The molecule has 204 valence electrons. The molecule has 0 saturated carbocycles. The first-order valence-electron chi connectivity index (χ1n) is 15.3. The van der Waals surface area contributed by atoms with Crippen molar-refractivity contribution < 1.29 is 14.3 Å². The molecule has 4 fully saturated rings. The van der Waals surface area contributed by atoms with E-state index in [0.29, 0.717) is 29.7 Å². The first kappa shape index (κ1) is 23.6. The molecule has 4 bridgehead atoms. The topological polar surface area (TPSA) is 56.7 Å². The summed E-state index contributed by atoms with van der Waals surface area (Å²) in [5.74, 6) is -0.0430. The largest absolute Gasteiger partial charge is 0.478 e. The molecule has 41 heavy (non-hydrogen) atoms. The molecule has 5 aliphatic heterocycles. The van der Waals surface area contributed by atoms with Gasteiger partial charge in [0.25, 0.3) is 0 Å². The Morgan fingerprint density at radius 1 is 0.780 bits per heavy atom. The number of anilines is 1. The number of rotatable bonds is 3. The van der Waals surface area contributed by atoms with Gasteiger partial charge < -0.3 is 14.4 Å². The van der Waals surface area contributed by atoms with Crippen molar-refractivity contribution in [2.45, 2.75) is 75.5 Å². The molecule has 9 rings (SSSR count). The SMILES string of the molecule is O=C(O)c1cccc2cccc(-c3c4ccc(=[N+]5C6CCC5CC6)cc-4oc4cc(N5C6CCC5CC6)ccc34)c12. The number of hydrogen-bond acceptors (Lipinski definition) is 3. The Balaban J connectivity index is 1.36. The number of hydrogen-bond donors (Lipinski definition) is 1. The number of carbonyl (C=O) groups is 1. The Bertz CT molecular complexity index is 1890. The van der Waals surface area contributed by atoms with Gasteiger partial charge in [-0.15, -0.1) is 0 Å². The lowest BCUT2D eigenvalue weighted by Crippen LogP contribution is -2.33. The molecule has 0 radical (unpaired) electrons. The molecule has 5 heterocycles. The second-order valence-electron chi connectivity index (χ2n) is 12.6. The molecule has 3 aromatic carbocycles. The second kappa shape index (κ2) is 8.69. The quantitative estimate of drug-likeness (QED) is 0.193. The van der Waals surface area contributed by atoms with Crippen LogP contribution in [0, 0.1) is 0 Å². The molecular formula is C36H33N2O3+. The van der Waals surface area contributed by atoms with Gasteiger partial charge in [-0.05, 0) is 60.9 Å². The van der Waals surface area contributed by atoms with E-state index in [1.807, 2.05) is 24.3 Å². The predicted octanol–water partition coefficient (Wildman–Crippen LogP) is 7.28. The Kier molecular flexibility index (Phi) is 5.00. The number of fused-ring (bicyclic) bond motifs is 7. The van der Waals surface area contributed by atoms with E-state index in [4.69, 9.17) is 4.42 Å². The van der Waals surface area contributed by atoms with Gasteiger partial charge in [-0.25, -0.2) is 9.37 Å². The van der Waals surface area contributed by atoms with E-state index >= 15 is 0 Å². The summed E-state index contributed by atoms with van der Waals surface area (Å²) >= 11 is 0. The van der Waals surface area contributed by atoms with Crippen LogP contribution in [0.1, 0.15) is 61.7 Å². The van der Waals surface area contributed by atoms with Crippen molar-refractivity contribution in [3.8, 4) is 22.5 Å². The average molecular weight is 542 g/mol. The minimum atomic E-state index is -0.907. The molecule has 0 amide bonds. The zero-order chi connectivity index (χ0) is 27.2. The highest BCUT2D eigenvalue weighted by Gasteiger charge is 2.44. The van der Waals surface area contributed by atoms with Gasteiger partial charge in [0.1, 0.15) is 11.3 Å². The summed E-state index contributed by atoms with van der Waals surface area (Å²) in [4.78, 5) is 15.0. The smallest absolute Gasteiger partial charge is 0.336 e. The monoisotopic (exact) mass is 541 g/mol. The highest BCUT2D eigenvalue weighted by atomic mass is 16.4. The molecular weight excluding hydrogens is 508 g/mol. The van der Waals surface area contributed by atoms with Gasteiger partial charge in [0, 0.05) is 77.5 Å². The fraction of sp³-hybridized carbons (Fsp3) is 0.333. The fourth-order valence-corrected chi connectivity index (χ4v) is 8.88. The van der Waals surface area contributed by atoms with Crippen molar-refractivity contribution in [1.82, 2.24) is 4.58 Å². The van der Waals surface area contributed by atoms with Crippen molar-refractivity contribution in [2.75, 3.05) is 4.90 Å². The maximum Gasteiger partial charge on any atom is 0.336 e. The van der Waals surface area contributed by atoms with Crippen molar-refractivity contribution in [1.29, 1.82) is 0 Å². The van der Waals surface area contributed by atoms with Crippen LogP contribution in [0.5, 0.6) is 0 Å². The molecule has 1 aliphatic carbocycles. The summed E-state index contributed by atoms with van der Waals surface area (Å²) in [6, 6.07) is 27.6. The molecule has 1 N–H and O–H groups in total. The highest BCUT2D eigenvalue weighted by molar-refractivity contribution is 6.15. The number of carboxylic acid groups (broad SMARTS) is 1. The molecule has 5 nitrogen and oxygen atoms in total. The van der Waals surface area contributed by atoms with Crippen molar-refractivity contribution in [3.63, 3.8) is 0 Å². The third-order valence-electron chi connectivity index (χ3n) is 10.6. The van der Waals surface area contributed by atoms with E-state index in [1.165, 1.54) is 62.4 Å². The molecule has 3 aromatic rings. The summed E-state index contributed by atoms with van der Waals surface area (Å²) in [6.07, 6.45) is 10.2. The van der Waals surface area contributed by atoms with Crippen LogP contribution in [0.25, 0.3) is 44.2 Å². The predicted molar refractivity (Wildman–Crippen MR) is 163 cm³/mol. The molecule has 0 unspecified atom stereocenters. The minimum absolute atomic E-state index is 0.329. The van der Waals surface area contributed by atoms with Gasteiger partial charge in [0.15, 0.2) is 12.1 Å². The summed E-state index contributed by atoms with van der Waals surface area (Å²) < 4.78 is 9.43. The van der Waals surface area contributed by atoms with Crippen LogP contribution in [-0.2, 0) is 0 Å². The number of benzene rings is 4. The van der Waals surface area contributed by atoms with Crippen LogP contribution in [0.15, 0.2) is 77.2 Å². The second-order valence-corrected chi connectivity index (χ2v) is 12.6. The van der Waals surface area contributed by atoms with E-state index in [-0.39, 0.29) is 0 Å². The lowest BCUT2D eigenvalue weighted by Gasteiger charge is -2.25. The zero-order valence-corrected chi connectivity index (χ0v) is 23.1. The lowest BCUT2D eigenvalue weighted by atomic mass is 9.88. The molecule has 4 saturated heterocycles. The lowest BCUT2D eigenvalue weighted by molar-refractivity contribution is 0.0699. The van der Waals surface area contributed by atoms with E-state index in [0.717, 1.165) is 44.2 Å². The molecule has 0 atom stereocenters. The van der Waals surface area contributed by atoms with Crippen LogP contribution >= 0.6 is 0 Å².